The first kappa shape index (κ1) is 14.5. The van der Waals surface area contributed by atoms with Gasteiger partial charge in [0.2, 0.25) is 10.0 Å². The minimum Gasteiger partial charge on any atom is -0.380 e. The smallest absolute Gasteiger partial charge is 0.242 e. The Balaban J connectivity index is 2.20. The van der Waals surface area contributed by atoms with Crippen LogP contribution in [0.5, 0.6) is 0 Å². The Morgan fingerprint density at radius 1 is 1.30 bits per heavy atom. The van der Waals surface area contributed by atoms with Crippen molar-refractivity contribution in [2.45, 2.75) is 18.4 Å². The molecule has 0 aliphatic heterocycles. The summed E-state index contributed by atoms with van der Waals surface area (Å²) in [6.45, 7) is 2.63. The third kappa shape index (κ3) is 3.37. The van der Waals surface area contributed by atoms with Gasteiger partial charge in [0.05, 0.1) is 11.9 Å². The number of sulfonamides is 1. The average molecular weight is 294 g/mol. The minimum absolute atomic E-state index is 0.255. The van der Waals surface area contributed by atoms with Gasteiger partial charge >= 0.3 is 0 Å². The lowest BCUT2D eigenvalue weighted by atomic mass is 10.3. The number of hydrogen-bond donors (Lipinski definition) is 2. The number of para-hydroxylation sites is 1. The Morgan fingerprint density at radius 2 is 2.05 bits per heavy atom. The Hall–Kier alpha value is -1.86. The first-order valence-electron chi connectivity index (χ1n) is 6.33. The van der Waals surface area contributed by atoms with Gasteiger partial charge in [-0.05, 0) is 12.1 Å². The van der Waals surface area contributed by atoms with Gasteiger partial charge in [-0.3, -0.25) is 4.68 Å². The standard InChI is InChI=1S/C13H18N4O2S/c1-3-16-20(18,19)13-7-5-4-6-12(13)14-8-11-9-15-17(2)10-11/h4-7,9-10,14,16H,3,8H2,1-2H3. The summed E-state index contributed by atoms with van der Waals surface area (Å²) in [5.41, 5.74) is 1.57. The van der Waals surface area contributed by atoms with E-state index in [1.54, 1.807) is 42.1 Å². The number of benzene rings is 1. The maximum atomic E-state index is 12.1. The Labute approximate surface area is 118 Å². The average Bonchev–Trinajstić information content (AvgIpc) is 2.82. The number of aromatic nitrogens is 2. The highest BCUT2D eigenvalue weighted by atomic mass is 32.2. The summed E-state index contributed by atoms with van der Waals surface area (Å²) < 4.78 is 28.4. The van der Waals surface area contributed by atoms with Crippen molar-refractivity contribution in [1.29, 1.82) is 0 Å². The van der Waals surface area contributed by atoms with Gasteiger partial charge in [-0.2, -0.15) is 5.10 Å². The molecule has 0 bridgehead atoms. The Bertz CT molecular complexity index is 679. The van der Waals surface area contributed by atoms with Crippen molar-refractivity contribution < 1.29 is 8.42 Å². The minimum atomic E-state index is -3.47. The summed E-state index contributed by atoms with van der Waals surface area (Å²) in [5, 5.41) is 7.21. The van der Waals surface area contributed by atoms with Gasteiger partial charge in [0.15, 0.2) is 0 Å². The molecule has 0 atom stereocenters. The summed E-state index contributed by atoms with van der Waals surface area (Å²) in [7, 11) is -1.63. The SMILES string of the molecule is CCNS(=O)(=O)c1ccccc1NCc1cnn(C)c1. The molecule has 1 heterocycles. The molecule has 0 spiro atoms. The molecule has 1 aromatic carbocycles. The molecule has 2 rings (SSSR count). The van der Waals surface area contributed by atoms with Crippen LogP contribution in [0.1, 0.15) is 12.5 Å². The predicted octanol–water partition coefficient (Wildman–Crippen LogP) is 1.33. The molecule has 108 valence electrons. The van der Waals surface area contributed by atoms with Gasteiger partial charge in [-0.15, -0.1) is 0 Å². The molecule has 0 radical (unpaired) electrons. The van der Waals surface area contributed by atoms with Gasteiger partial charge in [0.1, 0.15) is 4.90 Å². The molecular formula is C13H18N4O2S. The summed E-state index contributed by atoms with van der Waals surface area (Å²) in [6, 6.07) is 6.85. The van der Waals surface area contributed by atoms with E-state index in [-0.39, 0.29) is 4.90 Å². The van der Waals surface area contributed by atoms with Crippen LogP contribution in [0.25, 0.3) is 0 Å². The van der Waals surface area contributed by atoms with E-state index in [1.165, 1.54) is 0 Å². The third-order valence-electron chi connectivity index (χ3n) is 2.75. The molecule has 0 amide bonds. The normalized spacial score (nSPS) is 11.5. The van der Waals surface area contributed by atoms with Crippen LogP contribution in [0, 0.1) is 0 Å². The first-order valence-corrected chi connectivity index (χ1v) is 7.81. The zero-order valence-electron chi connectivity index (χ0n) is 11.5. The zero-order chi connectivity index (χ0) is 14.6. The van der Waals surface area contributed by atoms with Crippen LogP contribution in [0.2, 0.25) is 0 Å². The van der Waals surface area contributed by atoms with Gasteiger partial charge in [-0.25, -0.2) is 13.1 Å². The fraction of sp³-hybridized carbons (Fsp3) is 0.308. The molecule has 2 aromatic rings. The van der Waals surface area contributed by atoms with Gasteiger partial charge in [0, 0.05) is 31.9 Å². The third-order valence-corrected chi connectivity index (χ3v) is 4.36. The fourth-order valence-electron chi connectivity index (χ4n) is 1.88. The van der Waals surface area contributed by atoms with E-state index >= 15 is 0 Å². The van der Waals surface area contributed by atoms with Gasteiger partial charge < -0.3 is 5.32 Å². The Morgan fingerprint density at radius 3 is 2.70 bits per heavy atom. The van der Waals surface area contributed by atoms with E-state index in [2.05, 4.69) is 15.1 Å². The van der Waals surface area contributed by atoms with Crippen molar-refractivity contribution in [1.82, 2.24) is 14.5 Å². The van der Waals surface area contributed by atoms with Crippen LogP contribution in [-0.2, 0) is 23.6 Å². The molecule has 0 saturated carbocycles. The van der Waals surface area contributed by atoms with Crippen molar-refractivity contribution in [3.63, 3.8) is 0 Å². The molecule has 0 saturated heterocycles. The van der Waals surface area contributed by atoms with Crippen LogP contribution in [0.4, 0.5) is 5.69 Å². The molecule has 2 N–H and O–H groups in total. The maximum absolute atomic E-state index is 12.1. The molecular weight excluding hydrogens is 276 g/mol. The highest BCUT2D eigenvalue weighted by Gasteiger charge is 2.16. The predicted molar refractivity (Wildman–Crippen MR) is 77.8 cm³/mol. The van der Waals surface area contributed by atoms with E-state index in [0.717, 1.165) is 5.56 Å². The quantitative estimate of drug-likeness (QED) is 0.843. The van der Waals surface area contributed by atoms with Crippen molar-refractivity contribution in [3.8, 4) is 0 Å². The Kier molecular flexibility index (Phi) is 4.41. The van der Waals surface area contributed by atoms with Crippen molar-refractivity contribution >= 4 is 15.7 Å². The van der Waals surface area contributed by atoms with E-state index < -0.39 is 10.0 Å². The van der Waals surface area contributed by atoms with Crippen LogP contribution in [0.3, 0.4) is 0 Å². The number of nitrogens with one attached hydrogen (secondary N) is 2. The molecule has 0 unspecified atom stereocenters. The van der Waals surface area contributed by atoms with Crippen LogP contribution < -0.4 is 10.0 Å². The number of hydrogen-bond acceptors (Lipinski definition) is 4. The van der Waals surface area contributed by atoms with E-state index in [1.807, 2.05) is 13.2 Å². The second-order valence-corrected chi connectivity index (χ2v) is 6.11. The lowest BCUT2D eigenvalue weighted by Gasteiger charge is -2.12. The lowest BCUT2D eigenvalue weighted by Crippen LogP contribution is -2.24. The van der Waals surface area contributed by atoms with Gasteiger partial charge in [-0.1, -0.05) is 19.1 Å². The molecule has 0 aliphatic rings. The summed E-state index contributed by atoms with van der Waals surface area (Å²) >= 11 is 0. The number of aryl methyl sites for hydroxylation is 1. The van der Waals surface area contributed by atoms with E-state index in [0.29, 0.717) is 18.8 Å². The molecule has 0 aliphatic carbocycles. The maximum Gasteiger partial charge on any atom is 0.242 e. The zero-order valence-corrected chi connectivity index (χ0v) is 12.3. The molecule has 20 heavy (non-hydrogen) atoms. The van der Waals surface area contributed by atoms with E-state index in [9.17, 15) is 8.42 Å². The van der Waals surface area contributed by atoms with Crippen molar-refractivity contribution in [2.24, 2.45) is 7.05 Å². The molecule has 1 aromatic heterocycles. The fourth-order valence-corrected chi connectivity index (χ4v) is 3.10. The summed E-state index contributed by atoms with van der Waals surface area (Å²) in [6.07, 6.45) is 3.63. The summed E-state index contributed by atoms with van der Waals surface area (Å²) in [5.74, 6) is 0. The topological polar surface area (TPSA) is 76.0 Å². The number of anilines is 1. The van der Waals surface area contributed by atoms with Crippen LogP contribution >= 0.6 is 0 Å². The second kappa shape index (κ2) is 6.06. The van der Waals surface area contributed by atoms with E-state index in [4.69, 9.17) is 0 Å². The molecule has 7 heteroatoms. The number of nitrogens with zero attached hydrogens (tertiary/aromatic N) is 2. The highest BCUT2D eigenvalue weighted by molar-refractivity contribution is 7.89. The lowest BCUT2D eigenvalue weighted by molar-refractivity contribution is 0.584. The van der Waals surface area contributed by atoms with Crippen molar-refractivity contribution in [2.75, 3.05) is 11.9 Å². The van der Waals surface area contributed by atoms with Crippen LogP contribution in [-0.4, -0.2) is 24.7 Å². The molecule has 6 nitrogen and oxygen atoms in total. The van der Waals surface area contributed by atoms with Crippen LogP contribution in [0.15, 0.2) is 41.6 Å². The van der Waals surface area contributed by atoms with Gasteiger partial charge in [0.25, 0.3) is 0 Å². The number of rotatable bonds is 6. The monoisotopic (exact) mass is 294 g/mol. The largest absolute Gasteiger partial charge is 0.380 e. The highest BCUT2D eigenvalue weighted by Crippen LogP contribution is 2.21. The first-order chi connectivity index (χ1) is 9.53. The molecule has 0 fully saturated rings. The summed E-state index contributed by atoms with van der Waals surface area (Å²) in [4.78, 5) is 0.255. The second-order valence-electron chi connectivity index (χ2n) is 4.37. The van der Waals surface area contributed by atoms with Crippen molar-refractivity contribution in [3.05, 3.63) is 42.2 Å².